The van der Waals surface area contributed by atoms with Gasteiger partial charge in [-0.15, -0.1) is 11.3 Å². The molecular weight excluding hydrogens is 440 g/mol. The topological polar surface area (TPSA) is 98.6 Å². The summed E-state index contributed by atoms with van der Waals surface area (Å²) in [5.74, 6) is 2.49. The quantitative estimate of drug-likeness (QED) is 0.339. The van der Waals surface area contributed by atoms with Crippen molar-refractivity contribution in [2.45, 2.75) is 27.1 Å². The van der Waals surface area contributed by atoms with Crippen molar-refractivity contribution in [2.24, 2.45) is 0 Å². The Balaban J connectivity index is 1.77. The van der Waals surface area contributed by atoms with Crippen LogP contribution in [-0.4, -0.2) is 40.4 Å². The summed E-state index contributed by atoms with van der Waals surface area (Å²) >= 11 is 1.43. The van der Waals surface area contributed by atoms with Crippen LogP contribution in [0.25, 0.3) is 22.2 Å². The van der Waals surface area contributed by atoms with E-state index in [1.165, 1.54) is 11.3 Å². The van der Waals surface area contributed by atoms with Crippen molar-refractivity contribution in [1.82, 2.24) is 15.0 Å². The van der Waals surface area contributed by atoms with Gasteiger partial charge in [-0.1, -0.05) is 12.1 Å². The lowest BCUT2D eigenvalue weighted by atomic mass is 10.1. The fraction of sp³-hybridized carbons (Fsp3) is 0.292. The van der Waals surface area contributed by atoms with Crippen LogP contribution in [0.2, 0.25) is 0 Å². The third kappa shape index (κ3) is 5.22. The van der Waals surface area contributed by atoms with Crippen LogP contribution >= 0.6 is 11.3 Å². The van der Waals surface area contributed by atoms with Crippen LogP contribution in [-0.2, 0) is 18.0 Å². The standard InChI is InChI=1S/C24H26N4O4S/c1-4-31-20-10-17-18(11-21(20)32-5-2)26-22(13-30-3)28-24(17)25-16-8-6-7-15(9-16)19-14-33-23(12-29)27-19/h6-11,14,29H,4-5,12-13H2,1-3H3,(H,25,26,28). The molecule has 0 radical (unpaired) electrons. The number of methoxy groups -OCH3 is 1. The maximum Gasteiger partial charge on any atom is 0.163 e. The highest BCUT2D eigenvalue weighted by molar-refractivity contribution is 7.09. The highest BCUT2D eigenvalue weighted by Crippen LogP contribution is 2.36. The van der Waals surface area contributed by atoms with E-state index in [9.17, 15) is 5.11 Å². The first-order valence-electron chi connectivity index (χ1n) is 10.7. The SMILES string of the molecule is CCOc1cc2nc(COC)nc(Nc3cccc(-c4csc(CO)n4)c3)c2cc1OCC. The Bertz CT molecular complexity index is 1240. The highest BCUT2D eigenvalue weighted by Gasteiger charge is 2.15. The van der Waals surface area contributed by atoms with E-state index in [0.29, 0.717) is 41.4 Å². The van der Waals surface area contributed by atoms with Crippen LogP contribution in [0.5, 0.6) is 11.5 Å². The highest BCUT2D eigenvalue weighted by atomic mass is 32.1. The molecule has 33 heavy (non-hydrogen) atoms. The molecule has 0 saturated heterocycles. The molecule has 9 heteroatoms. The van der Waals surface area contributed by atoms with Crippen LogP contribution in [0.15, 0.2) is 41.8 Å². The van der Waals surface area contributed by atoms with Gasteiger partial charge in [0.2, 0.25) is 0 Å². The smallest absolute Gasteiger partial charge is 0.163 e. The number of thiazole rings is 1. The number of nitrogens with zero attached hydrogens (tertiary/aromatic N) is 3. The van der Waals surface area contributed by atoms with Gasteiger partial charge >= 0.3 is 0 Å². The summed E-state index contributed by atoms with van der Waals surface area (Å²) in [6.07, 6.45) is 0. The minimum atomic E-state index is -0.0658. The molecule has 0 fully saturated rings. The molecule has 172 valence electrons. The third-order valence-corrected chi connectivity index (χ3v) is 5.62. The van der Waals surface area contributed by atoms with E-state index < -0.39 is 0 Å². The predicted octanol–water partition coefficient (Wildman–Crippen LogP) is 4.93. The molecule has 2 N–H and O–H groups in total. The fourth-order valence-corrected chi connectivity index (χ4v) is 4.08. The van der Waals surface area contributed by atoms with E-state index in [2.05, 4.69) is 15.3 Å². The van der Waals surface area contributed by atoms with Gasteiger partial charge in [-0.3, -0.25) is 0 Å². The number of benzene rings is 2. The summed E-state index contributed by atoms with van der Waals surface area (Å²) in [5.41, 5.74) is 3.34. The van der Waals surface area contributed by atoms with Crippen LogP contribution in [0, 0.1) is 0 Å². The second-order valence-electron chi connectivity index (χ2n) is 7.09. The number of nitrogens with one attached hydrogen (secondary N) is 1. The lowest BCUT2D eigenvalue weighted by Gasteiger charge is -2.15. The fourth-order valence-electron chi connectivity index (χ4n) is 3.42. The van der Waals surface area contributed by atoms with Gasteiger partial charge in [-0.2, -0.15) is 0 Å². The van der Waals surface area contributed by atoms with E-state index in [0.717, 1.165) is 27.8 Å². The number of anilines is 2. The summed E-state index contributed by atoms with van der Waals surface area (Å²) in [5, 5.41) is 16.2. The van der Waals surface area contributed by atoms with E-state index >= 15 is 0 Å². The normalized spacial score (nSPS) is 11.0. The van der Waals surface area contributed by atoms with Gasteiger partial charge in [0.1, 0.15) is 17.4 Å². The summed E-state index contributed by atoms with van der Waals surface area (Å²) in [7, 11) is 1.61. The van der Waals surface area contributed by atoms with Crippen molar-refractivity contribution >= 4 is 33.7 Å². The molecular formula is C24H26N4O4S. The number of fused-ring (bicyclic) bond motifs is 1. The molecule has 0 amide bonds. The average Bonchev–Trinajstić information content (AvgIpc) is 3.30. The van der Waals surface area contributed by atoms with Gasteiger partial charge < -0.3 is 24.6 Å². The maximum absolute atomic E-state index is 9.32. The number of aliphatic hydroxyl groups is 1. The number of rotatable bonds is 10. The maximum atomic E-state index is 9.32. The van der Waals surface area contributed by atoms with Gasteiger partial charge in [-0.05, 0) is 32.0 Å². The minimum Gasteiger partial charge on any atom is -0.490 e. The summed E-state index contributed by atoms with van der Waals surface area (Å²) in [6, 6.07) is 11.7. The van der Waals surface area contributed by atoms with Gasteiger partial charge in [-0.25, -0.2) is 15.0 Å². The zero-order valence-corrected chi connectivity index (χ0v) is 19.6. The van der Waals surface area contributed by atoms with Crippen LogP contribution in [0.1, 0.15) is 24.7 Å². The largest absolute Gasteiger partial charge is 0.490 e. The number of aliphatic hydroxyl groups excluding tert-OH is 1. The summed E-state index contributed by atoms with van der Waals surface area (Å²) < 4.78 is 16.9. The Hall–Kier alpha value is -3.27. The van der Waals surface area contributed by atoms with Gasteiger partial charge in [0.05, 0.1) is 31.0 Å². The molecule has 0 aliphatic heterocycles. The second kappa shape index (κ2) is 10.6. The van der Waals surface area contributed by atoms with Gasteiger partial charge in [0.25, 0.3) is 0 Å². The number of hydrogen-bond acceptors (Lipinski definition) is 9. The van der Waals surface area contributed by atoms with Crippen LogP contribution in [0.4, 0.5) is 11.5 Å². The first-order chi connectivity index (χ1) is 16.1. The Morgan fingerprint density at radius 3 is 2.48 bits per heavy atom. The molecule has 2 aromatic carbocycles. The van der Waals surface area contributed by atoms with Crippen LogP contribution in [0.3, 0.4) is 0 Å². The van der Waals surface area contributed by atoms with E-state index in [4.69, 9.17) is 19.2 Å². The second-order valence-corrected chi connectivity index (χ2v) is 8.04. The molecule has 0 atom stereocenters. The Labute approximate surface area is 196 Å². The van der Waals surface area contributed by atoms with Crippen molar-refractivity contribution in [3.63, 3.8) is 0 Å². The summed E-state index contributed by atoms with van der Waals surface area (Å²) in [4.78, 5) is 13.8. The Morgan fingerprint density at radius 1 is 1.00 bits per heavy atom. The lowest BCUT2D eigenvalue weighted by Crippen LogP contribution is -2.05. The molecule has 0 unspecified atom stereocenters. The molecule has 0 bridgehead atoms. The first kappa shape index (κ1) is 22.9. The van der Waals surface area contributed by atoms with Gasteiger partial charge in [0.15, 0.2) is 17.3 Å². The van der Waals surface area contributed by atoms with E-state index in [1.807, 2.05) is 55.6 Å². The van der Waals surface area contributed by atoms with Crippen molar-refractivity contribution < 1.29 is 19.3 Å². The molecule has 0 spiro atoms. The molecule has 8 nitrogen and oxygen atoms in total. The number of aromatic nitrogens is 3. The molecule has 2 heterocycles. The zero-order valence-electron chi connectivity index (χ0n) is 18.8. The molecule has 4 rings (SSSR count). The minimum absolute atomic E-state index is 0.0658. The third-order valence-electron chi connectivity index (χ3n) is 4.79. The van der Waals surface area contributed by atoms with Gasteiger partial charge in [0, 0.05) is 35.2 Å². The van der Waals surface area contributed by atoms with Crippen molar-refractivity contribution in [1.29, 1.82) is 0 Å². The van der Waals surface area contributed by atoms with Crippen molar-refractivity contribution in [3.05, 3.63) is 52.6 Å². The molecule has 2 aromatic heterocycles. The van der Waals surface area contributed by atoms with Crippen molar-refractivity contribution in [2.75, 3.05) is 25.6 Å². The first-order valence-corrected chi connectivity index (χ1v) is 11.5. The number of hydrogen-bond donors (Lipinski definition) is 2. The van der Waals surface area contributed by atoms with Crippen molar-refractivity contribution in [3.8, 4) is 22.8 Å². The van der Waals surface area contributed by atoms with E-state index in [-0.39, 0.29) is 13.2 Å². The monoisotopic (exact) mass is 466 g/mol. The average molecular weight is 467 g/mol. The zero-order chi connectivity index (χ0) is 23.2. The molecule has 0 aliphatic rings. The van der Waals surface area contributed by atoms with E-state index in [1.54, 1.807) is 7.11 Å². The number of ether oxygens (including phenoxy) is 3. The molecule has 0 saturated carbocycles. The molecule has 0 aliphatic carbocycles. The predicted molar refractivity (Wildman–Crippen MR) is 129 cm³/mol. The Morgan fingerprint density at radius 2 is 1.79 bits per heavy atom. The Kier molecular flexibility index (Phi) is 7.33. The summed E-state index contributed by atoms with van der Waals surface area (Å²) in [6.45, 7) is 5.12. The van der Waals surface area contributed by atoms with Crippen LogP contribution < -0.4 is 14.8 Å². The molecule has 4 aromatic rings. The lowest BCUT2D eigenvalue weighted by molar-refractivity contribution is 0.178.